The number of hydrazine groups is 1. The minimum atomic E-state index is 0.541. The number of hydrogen-bond donors (Lipinski definition) is 1. The molecule has 1 N–H and O–H groups in total. The molecule has 1 saturated heterocycles. The molecule has 16 heavy (non-hydrogen) atoms. The Morgan fingerprint density at radius 1 is 0.812 bits per heavy atom. The minimum absolute atomic E-state index is 0.541. The molecule has 0 aromatic heterocycles. The van der Waals surface area contributed by atoms with Gasteiger partial charge in [0.2, 0.25) is 0 Å². The van der Waals surface area contributed by atoms with Gasteiger partial charge in [0, 0.05) is 18.6 Å². The van der Waals surface area contributed by atoms with E-state index in [2.05, 4.69) is 10.4 Å². The number of nitrogens with zero attached hydrogens (tertiary/aromatic N) is 1. The lowest BCUT2D eigenvalue weighted by atomic mass is 9.53. The second kappa shape index (κ2) is 3.46. The van der Waals surface area contributed by atoms with Gasteiger partial charge in [-0.25, -0.2) is 10.4 Å². The summed E-state index contributed by atoms with van der Waals surface area (Å²) in [6.45, 7) is 2.59. The maximum absolute atomic E-state index is 3.96. The quantitative estimate of drug-likeness (QED) is 0.769. The van der Waals surface area contributed by atoms with Gasteiger partial charge in [0.15, 0.2) is 0 Å². The van der Waals surface area contributed by atoms with Crippen molar-refractivity contribution in [1.82, 2.24) is 10.4 Å². The molecule has 2 heteroatoms. The average Bonchev–Trinajstić information content (AvgIpc) is 2.66. The van der Waals surface area contributed by atoms with Crippen LogP contribution < -0.4 is 5.43 Å². The van der Waals surface area contributed by atoms with Gasteiger partial charge in [-0.15, -0.1) is 0 Å². The Labute approximate surface area is 98.7 Å². The normalized spacial score (nSPS) is 51.4. The van der Waals surface area contributed by atoms with E-state index >= 15 is 0 Å². The molecule has 1 heterocycles. The van der Waals surface area contributed by atoms with Crippen molar-refractivity contribution in [3.05, 3.63) is 0 Å². The third-order valence-corrected chi connectivity index (χ3v) is 5.54. The van der Waals surface area contributed by atoms with Crippen LogP contribution in [0.5, 0.6) is 0 Å². The predicted molar refractivity (Wildman–Crippen MR) is 64.8 cm³/mol. The molecular formula is C14H24N2. The maximum Gasteiger partial charge on any atom is 0.0334 e. The Morgan fingerprint density at radius 3 is 1.81 bits per heavy atom. The van der Waals surface area contributed by atoms with Crippen LogP contribution in [0.15, 0.2) is 0 Å². The molecule has 0 unspecified atom stereocenters. The van der Waals surface area contributed by atoms with E-state index < -0.39 is 0 Å². The minimum Gasteiger partial charge on any atom is -0.249 e. The van der Waals surface area contributed by atoms with Gasteiger partial charge in [0.25, 0.3) is 0 Å². The van der Waals surface area contributed by atoms with Crippen LogP contribution in [0.2, 0.25) is 0 Å². The first kappa shape index (κ1) is 9.90. The standard InChI is InChI=1S/C14H24N2/c1-2-4-16(3-1)15-14-8-11-5-12(9-14)7-13(6-11)10-14/h11-13,15H,1-10H2. The molecule has 0 aromatic rings. The third kappa shape index (κ3) is 1.53. The van der Waals surface area contributed by atoms with Crippen molar-refractivity contribution in [2.24, 2.45) is 17.8 Å². The lowest BCUT2D eigenvalue weighted by Crippen LogP contribution is -2.62. The summed E-state index contributed by atoms with van der Waals surface area (Å²) in [6.07, 6.45) is 11.9. The molecule has 2 nitrogen and oxygen atoms in total. The topological polar surface area (TPSA) is 15.3 Å². The summed E-state index contributed by atoms with van der Waals surface area (Å²) >= 11 is 0. The highest BCUT2D eigenvalue weighted by molar-refractivity contribution is 5.06. The first-order chi connectivity index (χ1) is 7.81. The molecule has 0 spiro atoms. The molecular weight excluding hydrogens is 196 g/mol. The Bertz CT molecular complexity index is 245. The zero-order valence-electron chi connectivity index (χ0n) is 10.3. The van der Waals surface area contributed by atoms with Gasteiger partial charge in [-0.2, -0.15) is 0 Å². The lowest BCUT2D eigenvalue weighted by Gasteiger charge is -2.57. The van der Waals surface area contributed by atoms with Gasteiger partial charge < -0.3 is 0 Å². The second-order valence-corrected chi connectivity index (χ2v) is 7.00. The van der Waals surface area contributed by atoms with E-state index in [9.17, 15) is 0 Å². The van der Waals surface area contributed by atoms with Crippen LogP contribution in [-0.4, -0.2) is 23.6 Å². The number of rotatable bonds is 2. The zero-order chi connectivity index (χ0) is 10.6. The fraction of sp³-hybridized carbons (Fsp3) is 1.00. The van der Waals surface area contributed by atoms with Gasteiger partial charge in [0.1, 0.15) is 0 Å². The lowest BCUT2D eigenvalue weighted by molar-refractivity contribution is -0.0539. The molecule has 0 amide bonds. The first-order valence-electron chi connectivity index (χ1n) is 7.34. The molecule has 90 valence electrons. The van der Waals surface area contributed by atoms with Crippen LogP contribution in [0.3, 0.4) is 0 Å². The SMILES string of the molecule is C1CCN(NC23CC4CC(CC(C4)C2)C3)C1. The summed E-state index contributed by atoms with van der Waals surface area (Å²) in [6, 6.07) is 0. The van der Waals surface area contributed by atoms with E-state index in [1.807, 2.05) is 0 Å². The summed E-state index contributed by atoms with van der Waals surface area (Å²) in [5.41, 5.74) is 4.50. The van der Waals surface area contributed by atoms with Crippen molar-refractivity contribution in [1.29, 1.82) is 0 Å². The van der Waals surface area contributed by atoms with Crippen LogP contribution >= 0.6 is 0 Å². The summed E-state index contributed by atoms with van der Waals surface area (Å²) in [7, 11) is 0. The predicted octanol–water partition coefficient (Wildman–Crippen LogP) is 2.56. The van der Waals surface area contributed by atoms with Crippen LogP contribution in [0.4, 0.5) is 0 Å². The second-order valence-electron chi connectivity index (χ2n) is 7.00. The van der Waals surface area contributed by atoms with Crippen LogP contribution in [-0.2, 0) is 0 Å². The fourth-order valence-corrected chi connectivity index (χ4v) is 5.41. The van der Waals surface area contributed by atoms with Crippen molar-refractivity contribution in [2.45, 2.75) is 56.9 Å². The van der Waals surface area contributed by atoms with Gasteiger partial charge in [-0.3, -0.25) is 0 Å². The van der Waals surface area contributed by atoms with Crippen LogP contribution in [0.1, 0.15) is 51.4 Å². The van der Waals surface area contributed by atoms with Crippen LogP contribution in [0, 0.1) is 17.8 Å². The molecule has 0 atom stereocenters. The maximum atomic E-state index is 3.96. The Morgan fingerprint density at radius 2 is 1.31 bits per heavy atom. The van der Waals surface area contributed by atoms with E-state index in [1.165, 1.54) is 45.2 Å². The molecule has 0 aromatic carbocycles. The van der Waals surface area contributed by atoms with Crippen LogP contribution in [0.25, 0.3) is 0 Å². The third-order valence-electron chi connectivity index (χ3n) is 5.54. The molecule has 5 rings (SSSR count). The Balaban J connectivity index is 1.52. The highest BCUT2D eigenvalue weighted by Gasteiger charge is 2.51. The summed E-state index contributed by atoms with van der Waals surface area (Å²) in [5.74, 6) is 3.21. The van der Waals surface area contributed by atoms with Crippen molar-refractivity contribution >= 4 is 0 Å². The van der Waals surface area contributed by atoms with Gasteiger partial charge in [-0.05, 0) is 69.1 Å². The van der Waals surface area contributed by atoms with E-state index in [0.717, 1.165) is 17.8 Å². The Kier molecular flexibility index (Phi) is 2.14. The van der Waals surface area contributed by atoms with Crippen molar-refractivity contribution in [2.75, 3.05) is 13.1 Å². The molecule has 0 radical (unpaired) electrons. The first-order valence-corrected chi connectivity index (χ1v) is 7.34. The van der Waals surface area contributed by atoms with Gasteiger partial charge in [-0.1, -0.05) is 0 Å². The average molecular weight is 220 g/mol. The van der Waals surface area contributed by atoms with E-state index in [-0.39, 0.29) is 0 Å². The molecule has 5 aliphatic rings. The molecule has 1 aliphatic heterocycles. The highest BCUT2D eigenvalue weighted by Crippen LogP contribution is 2.55. The summed E-state index contributed by atoms with van der Waals surface area (Å²) in [4.78, 5) is 0. The number of hydrogen-bond acceptors (Lipinski definition) is 2. The molecule has 4 bridgehead atoms. The van der Waals surface area contributed by atoms with Gasteiger partial charge in [0.05, 0.1) is 0 Å². The van der Waals surface area contributed by atoms with E-state index in [0.29, 0.717) is 5.54 Å². The van der Waals surface area contributed by atoms with E-state index in [4.69, 9.17) is 0 Å². The molecule has 4 saturated carbocycles. The van der Waals surface area contributed by atoms with Gasteiger partial charge >= 0.3 is 0 Å². The van der Waals surface area contributed by atoms with Crippen molar-refractivity contribution in [3.63, 3.8) is 0 Å². The number of nitrogens with one attached hydrogen (secondary N) is 1. The zero-order valence-corrected chi connectivity index (χ0v) is 10.3. The summed E-state index contributed by atoms with van der Waals surface area (Å²) < 4.78 is 0. The highest BCUT2D eigenvalue weighted by atomic mass is 15.5. The fourth-order valence-electron chi connectivity index (χ4n) is 5.41. The monoisotopic (exact) mass is 220 g/mol. The largest absolute Gasteiger partial charge is 0.249 e. The van der Waals surface area contributed by atoms with E-state index in [1.54, 1.807) is 19.3 Å². The smallest absolute Gasteiger partial charge is 0.0334 e. The molecule has 5 fully saturated rings. The molecule has 4 aliphatic carbocycles. The Hall–Kier alpha value is -0.0800. The van der Waals surface area contributed by atoms with Crippen molar-refractivity contribution in [3.8, 4) is 0 Å². The summed E-state index contributed by atoms with van der Waals surface area (Å²) in [5, 5.41) is 2.53. The van der Waals surface area contributed by atoms with Crippen molar-refractivity contribution < 1.29 is 0 Å².